The highest BCUT2D eigenvalue weighted by molar-refractivity contribution is 7.86. The Bertz CT molecular complexity index is 719. The molecule has 3 aliphatic heterocycles. The molecule has 1 aliphatic carbocycles. The molecule has 3 heterocycles. The van der Waals surface area contributed by atoms with E-state index < -0.39 is 10.2 Å². The lowest BCUT2D eigenvalue weighted by molar-refractivity contribution is -0.0596. The number of amidine groups is 1. The van der Waals surface area contributed by atoms with Crippen molar-refractivity contribution < 1.29 is 8.42 Å². The van der Waals surface area contributed by atoms with Crippen LogP contribution in [0.2, 0.25) is 0 Å². The summed E-state index contributed by atoms with van der Waals surface area (Å²) in [7, 11) is -2.06. The summed E-state index contributed by atoms with van der Waals surface area (Å²) in [5, 5.41) is 9.05. The molecule has 0 aromatic carbocycles. The first kappa shape index (κ1) is 15.4. The minimum absolute atomic E-state index is 0.00591. The van der Waals surface area contributed by atoms with Crippen molar-refractivity contribution in [2.24, 2.45) is 26.5 Å². The normalized spacial score (nSPS) is 32.1. The molecule has 23 heavy (non-hydrogen) atoms. The van der Waals surface area contributed by atoms with E-state index in [9.17, 15) is 8.42 Å². The van der Waals surface area contributed by atoms with Gasteiger partial charge in [-0.3, -0.25) is 0 Å². The number of likely N-dealkylation sites (tertiary alicyclic amines) is 1. The van der Waals surface area contributed by atoms with Gasteiger partial charge in [-0.1, -0.05) is 11.6 Å². The monoisotopic (exact) mass is 358 g/mol. The van der Waals surface area contributed by atoms with Crippen LogP contribution in [0.5, 0.6) is 0 Å². The van der Waals surface area contributed by atoms with Crippen LogP contribution in [0.3, 0.4) is 0 Å². The summed E-state index contributed by atoms with van der Waals surface area (Å²) in [5.74, 6) is 0.937. The van der Waals surface area contributed by atoms with Crippen LogP contribution in [0.15, 0.2) is 21.2 Å². The van der Waals surface area contributed by atoms with Gasteiger partial charge in [0.15, 0.2) is 0 Å². The van der Waals surface area contributed by atoms with Crippen LogP contribution in [0, 0.1) is 11.3 Å². The van der Waals surface area contributed by atoms with Gasteiger partial charge in [0.1, 0.15) is 18.3 Å². The Labute approximate surface area is 140 Å². The molecule has 1 saturated carbocycles. The number of halogens is 1. The minimum Gasteiger partial charge on any atom is -0.368 e. The predicted octanol–water partition coefficient (Wildman–Crippen LogP) is -0.348. The third-order valence-corrected chi connectivity index (χ3v) is 6.77. The number of rotatable bonds is 2. The van der Waals surface area contributed by atoms with Gasteiger partial charge < -0.3 is 10.2 Å². The molecule has 0 bridgehead atoms. The smallest absolute Gasteiger partial charge is 0.276 e. The molecular weight excluding hydrogens is 340 g/mol. The van der Waals surface area contributed by atoms with Crippen molar-refractivity contribution in [2.75, 3.05) is 20.1 Å². The summed E-state index contributed by atoms with van der Waals surface area (Å²) >= 11 is 6.27. The fraction of sp³-hybridized carbons (Fsp3) is 0.692. The summed E-state index contributed by atoms with van der Waals surface area (Å²) in [6.07, 6.45) is 4.98. The van der Waals surface area contributed by atoms with E-state index in [0.29, 0.717) is 0 Å². The number of nitrogens with two attached hydrogens (primary N) is 1. The zero-order valence-electron chi connectivity index (χ0n) is 12.7. The molecule has 4 rings (SSSR count). The summed E-state index contributed by atoms with van der Waals surface area (Å²) < 4.78 is 24.1. The van der Waals surface area contributed by atoms with Crippen molar-refractivity contribution in [3.8, 4) is 0 Å². The van der Waals surface area contributed by atoms with E-state index in [-0.39, 0.29) is 23.5 Å². The van der Waals surface area contributed by atoms with Gasteiger partial charge in [-0.05, 0) is 12.8 Å². The fourth-order valence-electron chi connectivity index (χ4n) is 4.01. The number of nitrogens with one attached hydrogen (secondary N) is 1. The Morgan fingerprint density at radius 1 is 1.48 bits per heavy atom. The van der Waals surface area contributed by atoms with E-state index in [1.165, 1.54) is 4.31 Å². The second kappa shape index (κ2) is 4.92. The Balaban J connectivity index is 1.39. The first-order chi connectivity index (χ1) is 10.8. The fourth-order valence-corrected chi connectivity index (χ4v) is 4.85. The first-order valence-corrected chi connectivity index (χ1v) is 9.39. The second-order valence-electron chi connectivity index (χ2n) is 6.85. The number of aliphatic imine (C=N–C) groups is 2. The average molecular weight is 359 g/mol. The Hall–Kier alpha value is -1.16. The number of nitrogens with zero attached hydrogens (tertiary/aromatic N) is 4. The van der Waals surface area contributed by atoms with Crippen molar-refractivity contribution in [3.05, 3.63) is 11.2 Å². The molecule has 2 fully saturated rings. The molecule has 2 unspecified atom stereocenters. The molecule has 1 spiro atoms. The number of fused-ring (bicyclic) bond motifs is 1. The van der Waals surface area contributed by atoms with Crippen LogP contribution in [-0.4, -0.2) is 62.1 Å². The largest absolute Gasteiger partial charge is 0.368 e. The summed E-state index contributed by atoms with van der Waals surface area (Å²) in [6.45, 7) is 1.75. The van der Waals surface area contributed by atoms with Gasteiger partial charge in [-0.15, -0.1) is 0 Å². The Morgan fingerprint density at radius 2 is 2.17 bits per heavy atom. The van der Waals surface area contributed by atoms with Crippen molar-refractivity contribution in [1.29, 1.82) is 0 Å². The zero-order valence-corrected chi connectivity index (χ0v) is 14.3. The molecule has 0 amide bonds. The highest BCUT2D eigenvalue weighted by atomic mass is 35.5. The van der Waals surface area contributed by atoms with Gasteiger partial charge >= 0.3 is 0 Å². The third kappa shape index (κ3) is 2.37. The van der Waals surface area contributed by atoms with Gasteiger partial charge in [-0.2, -0.15) is 12.7 Å². The van der Waals surface area contributed by atoms with Crippen LogP contribution >= 0.6 is 11.6 Å². The highest BCUT2D eigenvalue weighted by Crippen LogP contribution is 2.51. The van der Waals surface area contributed by atoms with Crippen LogP contribution < -0.4 is 10.5 Å². The van der Waals surface area contributed by atoms with Crippen LogP contribution in [0.1, 0.15) is 12.8 Å². The lowest BCUT2D eigenvalue weighted by Crippen LogP contribution is -2.69. The van der Waals surface area contributed by atoms with E-state index in [4.69, 9.17) is 16.7 Å². The quantitative estimate of drug-likeness (QED) is 0.704. The maximum absolute atomic E-state index is 11.4. The first-order valence-electron chi connectivity index (χ1n) is 7.51. The predicted molar refractivity (Wildman–Crippen MR) is 88.2 cm³/mol. The zero-order chi connectivity index (χ0) is 16.4. The van der Waals surface area contributed by atoms with Crippen molar-refractivity contribution in [2.45, 2.75) is 25.0 Å². The SMILES string of the molecule is CN(C1CC2(C1)CN(C1=NC=NC3NC=C(Cl)C13)C2)S(N)(=O)=O. The maximum atomic E-state index is 11.4. The molecule has 0 radical (unpaired) electrons. The lowest BCUT2D eigenvalue weighted by atomic mass is 9.60. The van der Waals surface area contributed by atoms with Gasteiger partial charge in [0, 0.05) is 42.8 Å². The highest BCUT2D eigenvalue weighted by Gasteiger charge is 2.56. The molecule has 0 aromatic heterocycles. The summed E-state index contributed by atoms with van der Waals surface area (Å²) in [6, 6.07) is 0.00591. The van der Waals surface area contributed by atoms with E-state index >= 15 is 0 Å². The summed E-state index contributed by atoms with van der Waals surface area (Å²) in [5.41, 5.74) is 0.179. The lowest BCUT2D eigenvalue weighted by Gasteiger charge is -2.61. The van der Waals surface area contributed by atoms with E-state index in [1.807, 2.05) is 0 Å². The van der Waals surface area contributed by atoms with Gasteiger partial charge in [0.25, 0.3) is 10.2 Å². The minimum atomic E-state index is -3.60. The standard InChI is InChI=1S/C13H19ClN6O2S/c1-19(23(15,21)22)8-2-13(3-8)5-20(6-13)12-10-9(14)4-16-11(10)17-7-18-12/h4,7-8,10-11,16H,2-3,5-6H2,1H3,(H2,15,21,22). The summed E-state index contributed by atoms with van der Waals surface area (Å²) in [4.78, 5) is 10.9. The maximum Gasteiger partial charge on any atom is 0.276 e. The molecular formula is C13H19ClN6O2S. The van der Waals surface area contributed by atoms with E-state index in [1.54, 1.807) is 19.6 Å². The molecule has 3 N–H and O–H groups in total. The Kier molecular flexibility index (Phi) is 3.29. The van der Waals surface area contributed by atoms with E-state index in [0.717, 1.165) is 36.8 Å². The van der Waals surface area contributed by atoms with Crippen molar-refractivity contribution in [3.63, 3.8) is 0 Å². The molecule has 126 valence electrons. The van der Waals surface area contributed by atoms with Crippen LogP contribution in [-0.2, 0) is 10.2 Å². The average Bonchev–Trinajstić information content (AvgIpc) is 2.77. The number of hydrogen-bond donors (Lipinski definition) is 2. The van der Waals surface area contributed by atoms with Crippen LogP contribution in [0.25, 0.3) is 0 Å². The molecule has 10 heteroatoms. The van der Waals surface area contributed by atoms with Crippen molar-refractivity contribution >= 4 is 34.0 Å². The molecule has 0 aromatic rings. The second-order valence-corrected chi connectivity index (χ2v) is 8.89. The third-order valence-electron chi connectivity index (χ3n) is 5.33. The molecule has 4 aliphatic rings. The van der Waals surface area contributed by atoms with Gasteiger partial charge in [0.2, 0.25) is 0 Å². The van der Waals surface area contributed by atoms with E-state index in [2.05, 4.69) is 20.2 Å². The van der Waals surface area contributed by atoms with Gasteiger partial charge in [-0.25, -0.2) is 15.1 Å². The number of hydrogen-bond acceptors (Lipinski definition) is 6. The van der Waals surface area contributed by atoms with Crippen LogP contribution in [0.4, 0.5) is 0 Å². The Morgan fingerprint density at radius 3 is 2.83 bits per heavy atom. The topological polar surface area (TPSA) is 103 Å². The molecule has 8 nitrogen and oxygen atoms in total. The van der Waals surface area contributed by atoms with Crippen molar-refractivity contribution in [1.82, 2.24) is 14.5 Å². The van der Waals surface area contributed by atoms with Gasteiger partial charge in [0.05, 0.1) is 5.92 Å². The molecule has 1 saturated heterocycles. The molecule has 2 atom stereocenters.